The van der Waals surface area contributed by atoms with Crippen molar-refractivity contribution < 1.29 is 9.90 Å². The van der Waals surface area contributed by atoms with Gasteiger partial charge in [0.2, 0.25) is 5.95 Å². The number of fused-ring (bicyclic) bond motifs is 1. The molecule has 1 aliphatic heterocycles. The van der Waals surface area contributed by atoms with Gasteiger partial charge in [-0.3, -0.25) is 4.79 Å². The minimum absolute atomic E-state index is 0.0292. The zero-order chi connectivity index (χ0) is 24.4. The molecule has 0 saturated carbocycles. The van der Waals surface area contributed by atoms with Crippen molar-refractivity contribution in [3.05, 3.63) is 77.0 Å². The first-order chi connectivity index (χ1) is 16.8. The largest absolute Gasteiger partial charge is 0.481 e. The number of para-hydroxylation sites is 2. The van der Waals surface area contributed by atoms with Crippen LogP contribution in [0.2, 0.25) is 0 Å². The summed E-state index contributed by atoms with van der Waals surface area (Å²) in [6.07, 6.45) is -0.0292. The Morgan fingerprint density at radius 3 is 2.49 bits per heavy atom. The highest BCUT2D eigenvalue weighted by Gasteiger charge is 2.31. The molecule has 3 aromatic carbocycles. The monoisotopic (exact) mass is 464 g/mol. The van der Waals surface area contributed by atoms with E-state index in [0.717, 1.165) is 68.9 Å². The molecule has 0 radical (unpaired) electrons. The molecule has 6 heteroatoms. The van der Waals surface area contributed by atoms with Gasteiger partial charge in [0.1, 0.15) is 0 Å². The molecule has 0 aliphatic carbocycles. The van der Waals surface area contributed by atoms with E-state index in [9.17, 15) is 9.90 Å². The Morgan fingerprint density at radius 2 is 1.77 bits per heavy atom. The van der Waals surface area contributed by atoms with Gasteiger partial charge in [-0.25, -0.2) is 4.98 Å². The zero-order valence-electron chi connectivity index (χ0n) is 20.5. The number of aryl methyl sites for hydroxylation is 3. The molecule has 2 aromatic heterocycles. The fourth-order valence-electron chi connectivity index (χ4n) is 5.72. The van der Waals surface area contributed by atoms with Gasteiger partial charge >= 0.3 is 5.97 Å². The summed E-state index contributed by atoms with van der Waals surface area (Å²) in [7, 11) is 2.05. The molecule has 35 heavy (non-hydrogen) atoms. The van der Waals surface area contributed by atoms with Gasteiger partial charge in [0, 0.05) is 31.2 Å². The van der Waals surface area contributed by atoms with Crippen LogP contribution < -0.4 is 4.90 Å². The van der Waals surface area contributed by atoms with Crippen molar-refractivity contribution in [2.75, 3.05) is 11.4 Å². The second kappa shape index (κ2) is 7.73. The summed E-state index contributed by atoms with van der Waals surface area (Å²) >= 11 is 0. The molecule has 0 saturated heterocycles. The average Bonchev–Trinajstić information content (AvgIpc) is 3.35. The Kier molecular flexibility index (Phi) is 4.74. The maximum Gasteiger partial charge on any atom is 0.307 e. The quantitative estimate of drug-likeness (QED) is 0.360. The second-order valence-electron chi connectivity index (χ2n) is 9.57. The van der Waals surface area contributed by atoms with E-state index in [1.165, 1.54) is 11.3 Å². The Morgan fingerprint density at radius 1 is 1.03 bits per heavy atom. The number of anilines is 2. The summed E-state index contributed by atoms with van der Waals surface area (Å²) in [5.74, 6) is 0.0549. The van der Waals surface area contributed by atoms with Gasteiger partial charge in [-0.15, -0.1) is 0 Å². The third-order valence-corrected chi connectivity index (χ3v) is 7.40. The standard InChI is InChI=1S/C29H28N4O2/c1-17-9-11-20(12-10-17)26-21(16-25(34)35)19(3)27-28-22(26)15-18(2)32(28)13-14-33(27)29-30-23-7-5-6-8-24(23)31(29)4/h5-12,15H,13-14,16H2,1-4H3,(H,34,35). The molecule has 0 atom stereocenters. The number of rotatable bonds is 4. The number of aliphatic carboxylic acids is 1. The number of benzene rings is 3. The molecule has 0 bridgehead atoms. The van der Waals surface area contributed by atoms with Crippen molar-refractivity contribution in [3.8, 4) is 11.1 Å². The molecule has 1 N–H and O–H groups in total. The van der Waals surface area contributed by atoms with E-state index >= 15 is 0 Å². The number of hydrogen-bond donors (Lipinski definition) is 1. The maximum atomic E-state index is 12.1. The molecular weight excluding hydrogens is 436 g/mol. The van der Waals surface area contributed by atoms with Gasteiger partial charge in [-0.2, -0.15) is 0 Å². The molecule has 6 rings (SSSR count). The normalized spacial score (nSPS) is 13.2. The highest BCUT2D eigenvalue weighted by molar-refractivity contribution is 6.08. The van der Waals surface area contributed by atoms with E-state index in [0.29, 0.717) is 0 Å². The van der Waals surface area contributed by atoms with Gasteiger partial charge in [0.15, 0.2) is 0 Å². The molecule has 0 fully saturated rings. The summed E-state index contributed by atoms with van der Waals surface area (Å²) in [6, 6.07) is 18.8. The van der Waals surface area contributed by atoms with E-state index in [1.54, 1.807) is 0 Å². The van der Waals surface area contributed by atoms with Gasteiger partial charge in [-0.05, 0) is 61.2 Å². The number of carbonyl (C=O) groups is 1. The van der Waals surface area contributed by atoms with Crippen molar-refractivity contribution in [1.82, 2.24) is 14.1 Å². The molecule has 176 valence electrons. The van der Waals surface area contributed by atoms with Crippen molar-refractivity contribution in [1.29, 1.82) is 0 Å². The van der Waals surface area contributed by atoms with Crippen LogP contribution in [-0.4, -0.2) is 31.7 Å². The van der Waals surface area contributed by atoms with Crippen molar-refractivity contribution >= 4 is 39.5 Å². The van der Waals surface area contributed by atoms with Crippen LogP contribution in [0.5, 0.6) is 0 Å². The number of hydrogen-bond acceptors (Lipinski definition) is 3. The first-order valence-electron chi connectivity index (χ1n) is 12.0. The van der Waals surface area contributed by atoms with E-state index in [-0.39, 0.29) is 6.42 Å². The smallest absolute Gasteiger partial charge is 0.307 e. The minimum Gasteiger partial charge on any atom is -0.481 e. The van der Waals surface area contributed by atoms with Crippen LogP contribution in [0.15, 0.2) is 54.6 Å². The van der Waals surface area contributed by atoms with E-state index in [4.69, 9.17) is 4.98 Å². The molecule has 5 aromatic rings. The lowest BCUT2D eigenvalue weighted by Gasteiger charge is -2.33. The van der Waals surface area contributed by atoms with Crippen molar-refractivity contribution in [2.45, 2.75) is 33.7 Å². The van der Waals surface area contributed by atoms with Gasteiger partial charge in [0.25, 0.3) is 0 Å². The van der Waals surface area contributed by atoms with Crippen LogP contribution in [0, 0.1) is 20.8 Å². The third kappa shape index (κ3) is 3.16. The van der Waals surface area contributed by atoms with Crippen molar-refractivity contribution in [2.24, 2.45) is 7.05 Å². The number of imidazole rings is 1. The van der Waals surface area contributed by atoms with Crippen LogP contribution in [0.4, 0.5) is 11.6 Å². The van der Waals surface area contributed by atoms with Gasteiger partial charge in [0.05, 0.1) is 28.7 Å². The summed E-state index contributed by atoms with van der Waals surface area (Å²) in [5.41, 5.74) is 10.6. The first-order valence-corrected chi connectivity index (χ1v) is 12.0. The zero-order valence-corrected chi connectivity index (χ0v) is 20.5. The molecule has 6 nitrogen and oxygen atoms in total. The summed E-state index contributed by atoms with van der Waals surface area (Å²) in [4.78, 5) is 19.3. The van der Waals surface area contributed by atoms with Crippen LogP contribution in [-0.2, 0) is 24.8 Å². The lowest BCUT2D eigenvalue weighted by molar-refractivity contribution is -0.136. The topological polar surface area (TPSA) is 63.3 Å². The summed E-state index contributed by atoms with van der Waals surface area (Å²) in [6.45, 7) is 7.89. The number of aromatic nitrogens is 3. The molecular formula is C29H28N4O2. The highest BCUT2D eigenvalue weighted by Crippen LogP contribution is 2.46. The minimum atomic E-state index is -0.825. The Balaban J connectivity index is 1.70. The van der Waals surface area contributed by atoms with Gasteiger partial charge in [-0.1, -0.05) is 42.0 Å². The summed E-state index contributed by atoms with van der Waals surface area (Å²) < 4.78 is 4.51. The lowest BCUT2D eigenvalue weighted by Crippen LogP contribution is -2.31. The fourth-order valence-corrected chi connectivity index (χ4v) is 5.72. The fraction of sp³-hybridized carbons (Fsp3) is 0.241. The Hall–Kier alpha value is -4.06. The molecule has 1 aliphatic rings. The van der Waals surface area contributed by atoms with Crippen LogP contribution in [0.1, 0.15) is 22.4 Å². The predicted octanol–water partition coefficient (Wildman–Crippen LogP) is 5.90. The van der Waals surface area contributed by atoms with Gasteiger partial charge < -0.3 is 19.1 Å². The Labute approximate surface area is 204 Å². The van der Waals surface area contributed by atoms with Crippen LogP contribution >= 0.6 is 0 Å². The average molecular weight is 465 g/mol. The first kappa shape index (κ1) is 21.5. The van der Waals surface area contributed by atoms with E-state index in [2.05, 4.69) is 78.3 Å². The predicted molar refractivity (Wildman–Crippen MR) is 141 cm³/mol. The number of carboxylic acids is 1. The molecule has 3 heterocycles. The van der Waals surface area contributed by atoms with Crippen LogP contribution in [0.3, 0.4) is 0 Å². The Bertz CT molecular complexity index is 1640. The highest BCUT2D eigenvalue weighted by atomic mass is 16.4. The van der Waals surface area contributed by atoms with E-state index < -0.39 is 5.97 Å². The molecule has 0 spiro atoms. The van der Waals surface area contributed by atoms with Crippen LogP contribution in [0.25, 0.3) is 33.1 Å². The molecule has 0 amide bonds. The maximum absolute atomic E-state index is 12.1. The lowest BCUT2D eigenvalue weighted by atomic mass is 9.88. The summed E-state index contributed by atoms with van der Waals surface area (Å²) in [5, 5.41) is 11.0. The molecule has 0 unspecified atom stereocenters. The number of nitrogens with zero attached hydrogens (tertiary/aromatic N) is 4. The van der Waals surface area contributed by atoms with E-state index in [1.807, 2.05) is 18.2 Å². The number of carboxylic acid groups (broad SMARTS) is 1. The second-order valence-corrected chi connectivity index (χ2v) is 9.57. The van der Waals surface area contributed by atoms with Crippen molar-refractivity contribution in [3.63, 3.8) is 0 Å². The SMILES string of the molecule is Cc1ccc(-c2c(CC(=O)O)c(C)c3c4c2cc(C)n4CCN3c2nc3ccccc3n2C)cc1. The third-order valence-electron chi connectivity index (χ3n) is 7.40.